The van der Waals surface area contributed by atoms with Crippen LogP contribution in [0.15, 0.2) is 18.2 Å². The Morgan fingerprint density at radius 1 is 1.00 bits per heavy atom. The third kappa shape index (κ3) is 2.33. The lowest BCUT2D eigenvalue weighted by atomic mass is 9.76. The molecule has 3 rings (SSSR count). The molecular formula is C17H25N. The first-order valence-corrected chi connectivity index (χ1v) is 7.70. The lowest BCUT2D eigenvalue weighted by Crippen LogP contribution is -2.23. The van der Waals surface area contributed by atoms with Crippen molar-refractivity contribution in [3.63, 3.8) is 0 Å². The summed E-state index contributed by atoms with van der Waals surface area (Å²) in [5.74, 6) is 1.44. The van der Waals surface area contributed by atoms with Gasteiger partial charge in [-0.2, -0.15) is 0 Å². The highest BCUT2D eigenvalue weighted by atomic mass is 14.6. The van der Waals surface area contributed by atoms with Crippen LogP contribution in [0.1, 0.15) is 61.1 Å². The first-order valence-electron chi connectivity index (χ1n) is 7.70. The van der Waals surface area contributed by atoms with E-state index in [1.54, 1.807) is 11.1 Å². The molecule has 0 radical (unpaired) electrons. The van der Waals surface area contributed by atoms with Crippen LogP contribution in [0.3, 0.4) is 0 Å². The second-order valence-corrected chi connectivity index (χ2v) is 6.12. The summed E-state index contributed by atoms with van der Waals surface area (Å²) in [6.45, 7) is 0.823. The standard InChI is InChI=1S/C17H25N/c18-12-17(14-5-2-1-3-6-14)16-10-9-13-7-4-8-15(13)11-16/h9-11,14,17H,1-8,12,18H2. The molecule has 1 saturated carbocycles. The van der Waals surface area contributed by atoms with Crippen molar-refractivity contribution in [2.45, 2.75) is 57.3 Å². The SMILES string of the molecule is NCC(c1ccc2c(c1)CCC2)C1CCCCC1. The minimum atomic E-state index is 0.608. The van der Waals surface area contributed by atoms with Gasteiger partial charge in [-0.15, -0.1) is 0 Å². The summed E-state index contributed by atoms with van der Waals surface area (Å²) in [5, 5.41) is 0. The molecule has 0 bridgehead atoms. The zero-order valence-corrected chi connectivity index (χ0v) is 11.3. The van der Waals surface area contributed by atoms with E-state index in [0.29, 0.717) is 5.92 Å². The van der Waals surface area contributed by atoms with Gasteiger partial charge in [-0.05, 0) is 67.2 Å². The Hall–Kier alpha value is -0.820. The lowest BCUT2D eigenvalue weighted by molar-refractivity contribution is 0.307. The summed E-state index contributed by atoms with van der Waals surface area (Å²) in [5.41, 5.74) is 10.8. The first-order chi connectivity index (χ1) is 8.88. The average Bonchev–Trinajstić information content (AvgIpc) is 2.88. The summed E-state index contributed by atoms with van der Waals surface area (Å²) in [4.78, 5) is 0. The Bertz CT molecular complexity index is 404. The fourth-order valence-electron chi connectivity index (χ4n) is 3.96. The van der Waals surface area contributed by atoms with Gasteiger partial charge in [-0.1, -0.05) is 37.5 Å². The number of nitrogens with two attached hydrogens (primary N) is 1. The van der Waals surface area contributed by atoms with Crippen molar-refractivity contribution < 1.29 is 0 Å². The highest BCUT2D eigenvalue weighted by Gasteiger charge is 2.24. The summed E-state index contributed by atoms with van der Waals surface area (Å²) in [7, 11) is 0. The van der Waals surface area contributed by atoms with E-state index in [4.69, 9.17) is 5.73 Å². The van der Waals surface area contributed by atoms with E-state index in [-0.39, 0.29) is 0 Å². The molecule has 98 valence electrons. The van der Waals surface area contributed by atoms with E-state index >= 15 is 0 Å². The summed E-state index contributed by atoms with van der Waals surface area (Å²) in [6, 6.07) is 7.19. The van der Waals surface area contributed by atoms with E-state index in [1.165, 1.54) is 56.9 Å². The second kappa shape index (κ2) is 5.44. The van der Waals surface area contributed by atoms with Crippen LogP contribution in [0.4, 0.5) is 0 Å². The molecule has 1 atom stereocenters. The minimum Gasteiger partial charge on any atom is -0.330 e. The molecule has 0 amide bonds. The molecule has 1 fully saturated rings. The third-order valence-corrected chi connectivity index (χ3v) is 5.02. The Balaban J connectivity index is 1.82. The highest BCUT2D eigenvalue weighted by Crippen LogP contribution is 2.36. The monoisotopic (exact) mass is 243 g/mol. The molecule has 1 aromatic rings. The molecule has 2 aliphatic carbocycles. The van der Waals surface area contributed by atoms with Gasteiger partial charge in [0.15, 0.2) is 0 Å². The Kier molecular flexibility index (Phi) is 3.69. The number of fused-ring (bicyclic) bond motifs is 1. The normalized spacial score (nSPS) is 21.8. The zero-order chi connectivity index (χ0) is 12.4. The minimum absolute atomic E-state index is 0.608. The van der Waals surface area contributed by atoms with Crippen molar-refractivity contribution in [3.8, 4) is 0 Å². The maximum atomic E-state index is 6.08. The van der Waals surface area contributed by atoms with Crippen LogP contribution in [0.25, 0.3) is 0 Å². The summed E-state index contributed by atoms with van der Waals surface area (Å²) < 4.78 is 0. The maximum Gasteiger partial charge on any atom is -0.000556 e. The molecule has 0 heterocycles. The molecule has 1 unspecified atom stereocenters. The van der Waals surface area contributed by atoms with Gasteiger partial charge in [0, 0.05) is 0 Å². The van der Waals surface area contributed by atoms with Crippen LogP contribution in [-0.4, -0.2) is 6.54 Å². The van der Waals surface area contributed by atoms with Crippen LogP contribution in [0.2, 0.25) is 0 Å². The Morgan fingerprint density at radius 3 is 2.56 bits per heavy atom. The van der Waals surface area contributed by atoms with E-state index < -0.39 is 0 Å². The van der Waals surface area contributed by atoms with Crippen molar-refractivity contribution >= 4 is 0 Å². The number of hydrogen-bond donors (Lipinski definition) is 1. The number of benzene rings is 1. The first kappa shape index (κ1) is 12.2. The van der Waals surface area contributed by atoms with Gasteiger partial charge in [-0.3, -0.25) is 0 Å². The molecule has 1 nitrogen and oxygen atoms in total. The topological polar surface area (TPSA) is 26.0 Å². The molecule has 0 aromatic heterocycles. The average molecular weight is 243 g/mol. The van der Waals surface area contributed by atoms with Gasteiger partial charge < -0.3 is 5.73 Å². The van der Waals surface area contributed by atoms with Gasteiger partial charge in [0.05, 0.1) is 0 Å². The van der Waals surface area contributed by atoms with Gasteiger partial charge >= 0.3 is 0 Å². The predicted octanol–water partition coefficient (Wildman–Crippen LogP) is 3.80. The second-order valence-electron chi connectivity index (χ2n) is 6.12. The zero-order valence-electron chi connectivity index (χ0n) is 11.3. The molecule has 18 heavy (non-hydrogen) atoms. The quantitative estimate of drug-likeness (QED) is 0.858. The fourth-order valence-corrected chi connectivity index (χ4v) is 3.96. The van der Waals surface area contributed by atoms with E-state index in [9.17, 15) is 0 Å². The summed E-state index contributed by atoms with van der Waals surface area (Å²) >= 11 is 0. The number of aryl methyl sites for hydroxylation is 2. The van der Waals surface area contributed by atoms with Gasteiger partial charge in [0.2, 0.25) is 0 Å². The molecule has 0 saturated heterocycles. The van der Waals surface area contributed by atoms with Crippen LogP contribution in [0, 0.1) is 5.92 Å². The van der Waals surface area contributed by atoms with Crippen molar-refractivity contribution in [2.24, 2.45) is 11.7 Å². The molecule has 1 heteroatoms. The van der Waals surface area contributed by atoms with Crippen molar-refractivity contribution in [3.05, 3.63) is 34.9 Å². The van der Waals surface area contributed by atoms with Crippen molar-refractivity contribution in [2.75, 3.05) is 6.54 Å². The van der Waals surface area contributed by atoms with Gasteiger partial charge in [-0.25, -0.2) is 0 Å². The summed E-state index contributed by atoms with van der Waals surface area (Å²) in [6.07, 6.45) is 10.9. The number of hydrogen-bond acceptors (Lipinski definition) is 1. The van der Waals surface area contributed by atoms with Crippen molar-refractivity contribution in [1.29, 1.82) is 0 Å². The van der Waals surface area contributed by atoms with Gasteiger partial charge in [0.25, 0.3) is 0 Å². The third-order valence-electron chi connectivity index (χ3n) is 5.02. The van der Waals surface area contributed by atoms with Crippen LogP contribution in [-0.2, 0) is 12.8 Å². The molecular weight excluding hydrogens is 218 g/mol. The van der Waals surface area contributed by atoms with E-state index in [2.05, 4.69) is 18.2 Å². The van der Waals surface area contributed by atoms with E-state index in [1.807, 2.05) is 0 Å². The van der Waals surface area contributed by atoms with Crippen LogP contribution >= 0.6 is 0 Å². The van der Waals surface area contributed by atoms with Gasteiger partial charge in [0.1, 0.15) is 0 Å². The fraction of sp³-hybridized carbons (Fsp3) is 0.647. The molecule has 2 aliphatic rings. The Morgan fingerprint density at radius 2 is 1.78 bits per heavy atom. The molecule has 0 aliphatic heterocycles. The molecule has 0 spiro atoms. The Labute approximate surface area is 111 Å². The molecule has 1 aromatic carbocycles. The van der Waals surface area contributed by atoms with E-state index in [0.717, 1.165) is 12.5 Å². The predicted molar refractivity (Wildman–Crippen MR) is 76.8 cm³/mol. The highest BCUT2D eigenvalue weighted by molar-refractivity contribution is 5.37. The van der Waals surface area contributed by atoms with Crippen LogP contribution in [0.5, 0.6) is 0 Å². The number of rotatable bonds is 3. The maximum absolute atomic E-state index is 6.08. The lowest BCUT2D eigenvalue weighted by Gasteiger charge is -2.30. The molecule has 2 N–H and O–H groups in total. The largest absolute Gasteiger partial charge is 0.330 e. The van der Waals surface area contributed by atoms with Crippen LogP contribution < -0.4 is 5.73 Å². The van der Waals surface area contributed by atoms with Crippen molar-refractivity contribution in [1.82, 2.24) is 0 Å². The smallest absolute Gasteiger partial charge is 0.000556 e.